The summed E-state index contributed by atoms with van der Waals surface area (Å²) in [6.45, 7) is 3.54. The summed E-state index contributed by atoms with van der Waals surface area (Å²) in [6, 6.07) is 21.0. The van der Waals surface area contributed by atoms with E-state index in [0.717, 1.165) is 32.6 Å². The molecular formula is C23H32N4O2S. The minimum atomic E-state index is -2.90. The molecule has 162 valence electrons. The fraction of sp³-hybridized carbons (Fsp3) is 0.435. The zero-order valence-electron chi connectivity index (χ0n) is 17.6. The smallest absolute Gasteiger partial charge is 0.191 e. The summed E-state index contributed by atoms with van der Waals surface area (Å²) in [6.07, 6.45) is 1.61. The average molecular weight is 429 g/mol. The van der Waals surface area contributed by atoms with Crippen molar-refractivity contribution < 1.29 is 8.42 Å². The normalized spacial score (nSPS) is 18.5. The first kappa shape index (κ1) is 22.3. The third-order valence-electron chi connectivity index (χ3n) is 5.24. The van der Waals surface area contributed by atoms with Crippen LogP contribution in [0.3, 0.4) is 0 Å². The van der Waals surface area contributed by atoms with Crippen molar-refractivity contribution in [1.29, 1.82) is 0 Å². The van der Waals surface area contributed by atoms with E-state index in [9.17, 15) is 8.42 Å². The molecular weight excluding hydrogens is 396 g/mol. The maximum Gasteiger partial charge on any atom is 0.191 e. The van der Waals surface area contributed by atoms with E-state index in [0.29, 0.717) is 12.4 Å². The number of nitrogens with one attached hydrogen (secondary N) is 2. The average Bonchev–Trinajstić information content (AvgIpc) is 3.09. The van der Waals surface area contributed by atoms with Gasteiger partial charge in [0.05, 0.1) is 11.5 Å². The molecule has 2 aromatic carbocycles. The molecule has 0 radical (unpaired) electrons. The van der Waals surface area contributed by atoms with Gasteiger partial charge in [-0.15, -0.1) is 0 Å². The highest BCUT2D eigenvalue weighted by Crippen LogP contribution is 2.12. The Morgan fingerprint density at radius 1 is 1.03 bits per heavy atom. The number of aliphatic imine (C=N–C) groups is 1. The molecule has 2 N–H and O–H groups in total. The minimum Gasteiger partial charge on any atom is -0.356 e. The van der Waals surface area contributed by atoms with E-state index in [1.54, 1.807) is 7.05 Å². The predicted molar refractivity (Wildman–Crippen MR) is 123 cm³/mol. The van der Waals surface area contributed by atoms with Crippen LogP contribution in [0.4, 0.5) is 0 Å². The zero-order chi connectivity index (χ0) is 21.2. The molecule has 0 spiro atoms. The molecule has 1 aliphatic rings. The molecule has 7 heteroatoms. The van der Waals surface area contributed by atoms with Crippen molar-refractivity contribution in [3.8, 4) is 0 Å². The van der Waals surface area contributed by atoms with Crippen LogP contribution in [0.5, 0.6) is 0 Å². The van der Waals surface area contributed by atoms with Crippen LogP contribution in [0.1, 0.15) is 24.0 Å². The molecule has 0 amide bonds. The number of nitrogens with zero attached hydrogens (tertiary/aromatic N) is 2. The molecule has 3 rings (SSSR count). The molecule has 0 bridgehead atoms. The standard InChI is InChI=1S/C23H32N4O2S/c1-24-23(26-22-13-16-30(28,29)19-22)25-14-8-15-27(17-20-9-4-2-5-10-20)18-21-11-6-3-7-12-21/h2-7,9-12,22H,8,13-19H2,1H3,(H2,24,25,26). The fourth-order valence-electron chi connectivity index (χ4n) is 3.70. The van der Waals surface area contributed by atoms with Crippen molar-refractivity contribution in [3.63, 3.8) is 0 Å². The number of hydrogen-bond acceptors (Lipinski definition) is 4. The lowest BCUT2D eigenvalue weighted by Gasteiger charge is -2.23. The summed E-state index contributed by atoms with van der Waals surface area (Å²) in [5.74, 6) is 1.13. The third kappa shape index (κ3) is 7.46. The van der Waals surface area contributed by atoms with Gasteiger partial charge >= 0.3 is 0 Å². The van der Waals surface area contributed by atoms with Gasteiger partial charge in [0.2, 0.25) is 0 Å². The molecule has 1 heterocycles. The van der Waals surface area contributed by atoms with Crippen molar-refractivity contribution in [1.82, 2.24) is 15.5 Å². The van der Waals surface area contributed by atoms with E-state index in [2.05, 4.69) is 69.1 Å². The second-order valence-electron chi connectivity index (χ2n) is 7.78. The highest BCUT2D eigenvalue weighted by atomic mass is 32.2. The van der Waals surface area contributed by atoms with Gasteiger partial charge in [-0.05, 0) is 24.0 Å². The van der Waals surface area contributed by atoms with Crippen LogP contribution in [-0.2, 0) is 22.9 Å². The van der Waals surface area contributed by atoms with E-state index in [4.69, 9.17) is 0 Å². The summed E-state index contributed by atoms with van der Waals surface area (Å²) < 4.78 is 23.3. The summed E-state index contributed by atoms with van der Waals surface area (Å²) >= 11 is 0. The van der Waals surface area contributed by atoms with Crippen molar-refractivity contribution in [2.75, 3.05) is 31.6 Å². The lowest BCUT2D eigenvalue weighted by Crippen LogP contribution is -2.44. The molecule has 1 unspecified atom stereocenters. The van der Waals surface area contributed by atoms with Crippen LogP contribution < -0.4 is 10.6 Å². The fourth-order valence-corrected chi connectivity index (χ4v) is 5.38. The second kappa shape index (κ2) is 11.1. The first-order chi connectivity index (χ1) is 14.5. The summed E-state index contributed by atoms with van der Waals surface area (Å²) in [5.41, 5.74) is 2.61. The topological polar surface area (TPSA) is 73.8 Å². The summed E-state index contributed by atoms with van der Waals surface area (Å²) in [5, 5.41) is 6.56. The van der Waals surface area contributed by atoms with Crippen LogP contribution in [-0.4, -0.2) is 57.0 Å². The van der Waals surface area contributed by atoms with Crippen molar-refractivity contribution in [2.24, 2.45) is 4.99 Å². The Hall–Kier alpha value is -2.38. The van der Waals surface area contributed by atoms with Crippen LogP contribution in [0, 0.1) is 0 Å². The molecule has 0 saturated carbocycles. The van der Waals surface area contributed by atoms with Gasteiger partial charge in [-0.3, -0.25) is 9.89 Å². The molecule has 1 atom stereocenters. The van der Waals surface area contributed by atoms with Gasteiger partial charge in [-0.2, -0.15) is 0 Å². The predicted octanol–water partition coefficient (Wildman–Crippen LogP) is 2.43. The van der Waals surface area contributed by atoms with Gasteiger partial charge in [0, 0.05) is 39.3 Å². The van der Waals surface area contributed by atoms with Crippen LogP contribution >= 0.6 is 0 Å². The Morgan fingerprint density at radius 2 is 1.63 bits per heavy atom. The molecule has 1 saturated heterocycles. The van der Waals surface area contributed by atoms with Gasteiger partial charge in [0.15, 0.2) is 15.8 Å². The van der Waals surface area contributed by atoms with Gasteiger partial charge in [-0.25, -0.2) is 8.42 Å². The molecule has 0 aliphatic carbocycles. The first-order valence-electron chi connectivity index (χ1n) is 10.5. The summed E-state index contributed by atoms with van der Waals surface area (Å²) in [4.78, 5) is 6.69. The van der Waals surface area contributed by atoms with Crippen LogP contribution in [0.2, 0.25) is 0 Å². The van der Waals surface area contributed by atoms with Gasteiger partial charge < -0.3 is 10.6 Å². The molecule has 0 aromatic heterocycles. The largest absolute Gasteiger partial charge is 0.356 e. The lowest BCUT2D eigenvalue weighted by atomic mass is 10.1. The number of guanidine groups is 1. The molecule has 1 fully saturated rings. The zero-order valence-corrected chi connectivity index (χ0v) is 18.4. The minimum absolute atomic E-state index is 0.0474. The first-order valence-corrected chi connectivity index (χ1v) is 12.3. The number of rotatable bonds is 9. The highest BCUT2D eigenvalue weighted by molar-refractivity contribution is 7.91. The van der Waals surface area contributed by atoms with Gasteiger partial charge in [-0.1, -0.05) is 60.7 Å². The number of hydrogen-bond donors (Lipinski definition) is 2. The second-order valence-corrected chi connectivity index (χ2v) is 10.0. The Labute approximate surface area is 180 Å². The van der Waals surface area contributed by atoms with Crippen LogP contribution in [0.15, 0.2) is 65.7 Å². The van der Waals surface area contributed by atoms with E-state index in [-0.39, 0.29) is 17.5 Å². The van der Waals surface area contributed by atoms with Crippen molar-refractivity contribution in [2.45, 2.75) is 32.0 Å². The Balaban J connectivity index is 1.48. The lowest BCUT2D eigenvalue weighted by molar-refractivity contribution is 0.254. The maximum atomic E-state index is 11.6. The van der Waals surface area contributed by atoms with Crippen molar-refractivity contribution in [3.05, 3.63) is 71.8 Å². The Bertz CT molecular complexity index is 860. The van der Waals surface area contributed by atoms with E-state index in [1.807, 2.05) is 12.1 Å². The van der Waals surface area contributed by atoms with E-state index < -0.39 is 9.84 Å². The van der Waals surface area contributed by atoms with Gasteiger partial charge in [0.1, 0.15) is 0 Å². The molecule has 6 nitrogen and oxygen atoms in total. The SMILES string of the molecule is CN=C(NCCCN(Cc1ccccc1)Cc1ccccc1)NC1CCS(=O)(=O)C1. The van der Waals surface area contributed by atoms with E-state index >= 15 is 0 Å². The van der Waals surface area contributed by atoms with Gasteiger partial charge in [0.25, 0.3) is 0 Å². The molecule has 1 aliphatic heterocycles. The van der Waals surface area contributed by atoms with Crippen LogP contribution in [0.25, 0.3) is 0 Å². The van der Waals surface area contributed by atoms with Crippen molar-refractivity contribution >= 4 is 15.8 Å². The monoisotopic (exact) mass is 428 g/mol. The summed E-state index contributed by atoms with van der Waals surface area (Å²) in [7, 11) is -1.18. The maximum absolute atomic E-state index is 11.6. The Morgan fingerprint density at radius 3 is 2.13 bits per heavy atom. The third-order valence-corrected chi connectivity index (χ3v) is 7.01. The molecule has 30 heavy (non-hydrogen) atoms. The number of sulfone groups is 1. The highest BCUT2D eigenvalue weighted by Gasteiger charge is 2.28. The van der Waals surface area contributed by atoms with E-state index in [1.165, 1.54) is 11.1 Å². The quantitative estimate of drug-likeness (QED) is 0.365. The Kier molecular flexibility index (Phi) is 8.28. The molecule has 2 aromatic rings. The number of benzene rings is 2.